The van der Waals surface area contributed by atoms with E-state index < -0.39 is 6.16 Å². The van der Waals surface area contributed by atoms with E-state index >= 15 is 0 Å². The van der Waals surface area contributed by atoms with E-state index in [1.54, 1.807) is 32.0 Å². The van der Waals surface area contributed by atoms with Crippen LogP contribution in [0.2, 0.25) is 0 Å². The number of nitrogens with one attached hydrogen (secondary N) is 2. The summed E-state index contributed by atoms with van der Waals surface area (Å²) in [6.07, 6.45) is -1.46. The minimum absolute atomic E-state index is 0.0986. The maximum absolute atomic E-state index is 11.9. The van der Waals surface area contributed by atoms with Crippen LogP contribution in [0.1, 0.15) is 34.1 Å². The van der Waals surface area contributed by atoms with Crippen molar-refractivity contribution in [1.82, 2.24) is 9.97 Å². The number of ether oxygens (including phenoxy) is 1. The summed E-state index contributed by atoms with van der Waals surface area (Å²) < 4.78 is 4.96. The fraction of sp³-hybridized carbons (Fsp3) is 0.235. The number of anilines is 1. The Bertz CT molecular complexity index is 892. The van der Waals surface area contributed by atoms with E-state index in [2.05, 4.69) is 21.4 Å². The SMILES string of the molecule is CCOC(=O)c1cccc(Cc2c(C)nc(N)[nH]c2=O)c1.N=C(N)N.O=C(O)O. The van der Waals surface area contributed by atoms with Gasteiger partial charge in [0.05, 0.1) is 17.9 Å². The average Bonchev–Trinajstić information content (AvgIpc) is 2.57. The number of rotatable bonds is 4. The van der Waals surface area contributed by atoms with E-state index in [1.807, 2.05) is 6.07 Å². The monoisotopic (exact) mass is 408 g/mol. The molecule has 0 bridgehead atoms. The Morgan fingerprint density at radius 2 is 1.83 bits per heavy atom. The molecular formula is C17H24N6O6. The van der Waals surface area contributed by atoms with E-state index in [0.717, 1.165) is 5.56 Å². The maximum Gasteiger partial charge on any atom is 0.503 e. The number of nitrogen functional groups attached to an aromatic ring is 1. The van der Waals surface area contributed by atoms with Crippen molar-refractivity contribution in [2.45, 2.75) is 20.3 Å². The van der Waals surface area contributed by atoms with Crippen LogP contribution in [0, 0.1) is 12.3 Å². The highest BCUT2D eigenvalue weighted by atomic mass is 16.6. The van der Waals surface area contributed by atoms with E-state index in [0.29, 0.717) is 29.8 Å². The lowest BCUT2D eigenvalue weighted by Gasteiger charge is -2.07. The fourth-order valence-corrected chi connectivity index (χ4v) is 2.07. The fourth-order valence-electron chi connectivity index (χ4n) is 2.07. The Morgan fingerprint density at radius 1 is 1.28 bits per heavy atom. The van der Waals surface area contributed by atoms with Gasteiger partial charge in [-0.1, -0.05) is 12.1 Å². The normalized spacial score (nSPS) is 9.17. The summed E-state index contributed by atoms with van der Waals surface area (Å²) in [5.41, 5.74) is 16.6. The number of hydrogen-bond acceptors (Lipinski definition) is 7. The van der Waals surface area contributed by atoms with Crippen LogP contribution >= 0.6 is 0 Å². The Balaban J connectivity index is 0.000000837. The number of esters is 1. The number of aromatic amines is 1. The van der Waals surface area contributed by atoms with Crippen molar-refractivity contribution in [1.29, 1.82) is 5.41 Å². The van der Waals surface area contributed by atoms with Crippen molar-refractivity contribution in [2.75, 3.05) is 12.3 Å². The first-order valence-corrected chi connectivity index (χ1v) is 8.10. The molecule has 0 saturated heterocycles. The molecule has 0 aliphatic carbocycles. The topological polar surface area (TPSA) is 231 Å². The standard InChI is InChI=1S/C15H17N3O3.CH5N3.CH2O3/c1-3-21-14(20)11-6-4-5-10(7-11)8-12-9(2)17-15(16)18-13(12)19;2*2-1(3)4/h4-7H,3,8H2,1-2H3,(H3,16,17,18,19);(H5,2,3,4);(H2,2,3,4). The number of nitrogens with two attached hydrogens (primary N) is 3. The molecule has 2 aromatic rings. The molecule has 12 heteroatoms. The van der Waals surface area contributed by atoms with Gasteiger partial charge in [-0.25, -0.2) is 14.6 Å². The second-order valence-electron chi connectivity index (χ2n) is 5.35. The number of carboxylic acid groups (broad SMARTS) is 2. The third-order valence-electron chi connectivity index (χ3n) is 3.06. The molecule has 158 valence electrons. The van der Waals surface area contributed by atoms with Gasteiger partial charge < -0.3 is 32.2 Å². The van der Waals surface area contributed by atoms with Crippen LogP contribution in [0.3, 0.4) is 0 Å². The first-order chi connectivity index (χ1) is 13.5. The summed E-state index contributed by atoms with van der Waals surface area (Å²) in [5, 5.41) is 20.0. The zero-order chi connectivity index (χ0) is 22.6. The van der Waals surface area contributed by atoms with Gasteiger partial charge in [0, 0.05) is 12.0 Å². The smallest absolute Gasteiger partial charge is 0.462 e. The summed E-state index contributed by atoms with van der Waals surface area (Å²) in [6, 6.07) is 7.00. The third-order valence-corrected chi connectivity index (χ3v) is 3.06. The number of carbonyl (C=O) groups is 2. The number of guanidine groups is 1. The van der Waals surface area contributed by atoms with E-state index in [9.17, 15) is 9.59 Å². The van der Waals surface area contributed by atoms with Crippen LogP contribution in [0.15, 0.2) is 29.1 Å². The number of aromatic nitrogens is 2. The maximum atomic E-state index is 11.9. The lowest BCUT2D eigenvalue weighted by atomic mass is 10.0. The van der Waals surface area contributed by atoms with E-state index in [-0.39, 0.29) is 23.4 Å². The number of hydrogen-bond donors (Lipinski definition) is 7. The number of H-pyrrole nitrogens is 1. The molecule has 0 spiro atoms. The largest absolute Gasteiger partial charge is 0.503 e. The molecule has 1 heterocycles. The molecule has 0 fully saturated rings. The van der Waals surface area contributed by atoms with Crippen molar-refractivity contribution in [3.05, 3.63) is 57.0 Å². The van der Waals surface area contributed by atoms with E-state index in [1.165, 1.54) is 0 Å². The Hall–Kier alpha value is -4.09. The highest BCUT2D eigenvalue weighted by Crippen LogP contribution is 2.12. The average molecular weight is 408 g/mol. The lowest BCUT2D eigenvalue weighted by Crippen LogP contribution is -2.20. The molecule has 0 amide bonds. The minimum Gasteiger partial charge on any atom is -0.462 e. The van der Waals surface area contributed by atoms with Gasteiger partial charge in [-0.2, -0.15) is 0 Å². The molecule has 0 atom stereocenters. The Morgan fingerprint density at radius 3 is 2.31 bits per heavy atom. The van der Waals surface area contributed by atoms with Gasteiger partial charge >= 0.3 is 12.1 Å². The molecular weight excluding hydrogens is 384 g/mol. The number of nitrogens with zero attached hydrogens (tertiary/aromatic N) is 1. The van der Waals surface area contributed by atoms with Crippen LogP contribution in [-0.4, -0.2) is 44.9 Å². The predicted molar refractivity (Wildman–Crippen MR) is 106 cm³/mol. The second-order valence-corrected chi connectivity index (χ2v) is 5.35. The van der Waals surface area contributed by atoms with Crippen LogP contribution in [0.5, 0.6) is 0 Å². The van der Waals surface area contributed by atoms with E-state index in [4.69, 9.17) is 30.9 Å². The molecule has 1 aromatic carbocycles. The van der Waals surface area contributed by atoms with Crippen LogP contribution in [0.25, 0.3) is 0 Å². The lowest BCUT2D eigenvalue weighted by molar-refractivity contribution is 0.0526. The molecule has 0 unspecified atom stereocenters. The Labute approximate surface area is 165 Å². The third kappa shape index (κ3) is 10.6. The minimum atomic E-state index is -1.83. The molecule has 12 nitrogen and oxygen atoms in total. The zero-order valence-corrected chi connectivity index (χ0v) is 15.9. The first kappa shape index (κ1) is 24.9. The van der Waals surface area contributed by atoms with Crippen molar-refractivity contribution in [2.24, 2.45) is 11.5 Å². The van der Waals surface area contributed by atoms with Gasteiger partial charge in [-0.15, -0.1) is 0 Å². The van der Waals surface area contributed by atoms with Crippen molar-refractivity contribution < 1.29 is 24.5 Å². The zero-order valence-electron chi connectivity index (χ0n) is 15.9. The highest BCUT2D eigenvalue weighted by molar-refractivity contribution is 5.89. The summed E-state index contributed by atoms with van der Waals surface area (Å²) in [4.78, 5) is 38.7. The van der Waals surface area contributed by atoms with Gasteiger partial charge in [0.2, 0.25) is 5.95 Å². The van der Waals surface area contributed by atoms with Gasteiger partial charge in [0.1, 0.15) is 0 Å². The molecule has 10 N–H and O–H groups in total. The molecule has 0 aliphatic rings. The predicted octanol–water partition coefficient (Wildman–Crippen LogP) is 0.489. The quantitative estimate of drug-likeness (QED) is 0.210. The van der Waals surface area contributed by atoms with Gasteiger partial charge in [0.25, 0.3) is 5.56 Å². The molecule has 1 aromatic heterocycles. The number of aryl methyl sites for hydroxylation is 1. The molecule has 0 radical (unpaired) electrons. The summed E-state index contributed by atoms with van der Waals surface area (Å²) in [5.74, 6) is -0.609. The van der Waals surface area contributed by atoms with Crippen molar-refractivity contribution in [3.63, 3.8) is 0 Å². The summed E-state index contributed by atoms with van der Waals surface area (Å²) in [6.45, 7) is 3.81. The number of benzene rings is 1. The summed E-state index contributed by atoms with van der Waals surface area (Å²) >= 11 is 0. The van der Waals surface area contributed by atoms with Gasteiger partial charge in [0.15, 0.2) is 5.96 Å². The van der Waals surface area contributed by atoms with Gasteiger partial charge in [-0.05, 0) is 31.5 Å². The first-order valence-electron chi connectivity index (χ1n) is 8.10. The van der Waals surface area contributed by atoms with Crippen molar-refractivity contribution in [3.8, 4) is 0 Å². The van der Waals surface area contributed by atoms with Crippen molar-refractivity contribution >= 4 is 24.0 Å². The van der Waals surface area contributed by atoms with Crippen LogP contribution in [-0.2, 0) is 11.2 Å². The summed E-state index contributed by atoms with van der Waals surface area (Å²) in [7, 11) is 0. The second kappa shape index (κ2) is 12.3. The highest BCUT2D eigenvalue weighted by Gasteiger charge is 2.11. The molecule has 2 rings (SSSR count). The Kier molecular flexibility index (Phi) is 10.6. The molecule has 29 heavy (non-hydrogen) atoms. The molecule has 0 aliphatic heterocycles. The van der Waals surface area contributed by atoms with Crippen LogP contribution < -0.4 is 22.8 Å². The van der Waals surface area contributed by atoms with Gasteiger partial charge in [-0.3, -0.25) is 15.2 Å². The number of carbonyl (C=O) groups excluding carboxylic acids is 1. The van der Waals surface area contributed by atoms with Crippen LogP contribution in [0.4, 0.5) is 10.7 Å². The molecule has 0 saturated carbocycles.